The van der Waals surface area contributed by atoms with E-state index in [1.165, 1.54) is 7.11 Å². The summed E-state index contributed by atoms with van der Waals surface area (Å²) in [6, 6.07) is -0.311. The zero-order valence-electron chi connectivity index (χ0n) is 10.9. The van der Waals surface area contributed by atoms with Gasteiger partial charge in [-0.25, -0.2) is 0 Å². The van der Waals surface area contributed by atoms with E-state index in [9.17, 15) is 4.79 Å². The number of rotatable bonds is 11. The van der Waals surface area contributed by atoms with E-state index >= 15 is 0 Å². The number of hydrogen-bond acceptors (Lipinski definition) is 6. The molecule has 6 nitrogen and oxygen atoms in total. The van der Waals surface area contributed by atoms with Crippen molar-refractivity contribution in [3.05, 3.63) is 0 Å². The molecule has 0 fully saturated rings. The van der Waals surface area contributed by atoms with Gasteiger partial charge in [0.1, 0.15) is 6.04 Å². The van der Waals surface area contributed by atoms with Crippen LogP contribution in [-0.4, -0.2) is 66.3 Å². The highest BCUT2D eigenvalue weighted by Crippen LogP contribution is 1.95. The molecule has 1 N–H and O–H groups in total. The standard InChI is InChI=1S/C11H23NO5/c1-12-10(11(13)15-3)4-5-16-8-9-17-7-6-14-2/h10,12H,4-9H2,1-3H3. The summed E-state index contributed by atoms with van der Waals surface area (Å²) in [5.41, 5.74) is 0. The fourth-order valence-electron chi connectivity index (χ4n) is 1.19. The molecular formula is C11H23NO5. The predicted molar refractivity (Wildman–Crippen MR) is 63.0 cm³/mol. The molecule has 0 amide bonds. The van der Waals surface area contributed by atoms with Gasteiger partial charge in [-0.1, -0.05) is 0 Å². The Hall–Kier alpha value is -0.690. The van der Waals surface area contributed by atoms with Gasteiger partial charge in [-0.15, -0.1) is 0 Å². The molecule has 0 bridgehead atoms. The molecule has 0 aliphatic heterocycles. The number of esters is 1. The van der Waals surface area contributed by atoms with Crippen LogP contribution in [0, 0.1) is 0 Å². The molecule has 0 saturated carbocycles. The molecule has 0 aromatic heterocycles. The van der Waals surface area contributed by atoms with Crippen LogP contribution in [0.25, 0.3) is 0 Å². The van der Waals surface area contributed by atoms with Crippen molar-refractivity contribution in [1.82, 2.24) is 5.32 Å². The Morgan fingerprint density at radius 1 is 1.06 bits per heavy atom. The van der Waals surface area contributed by atoms with Crippen molar-refractivity contribution in [2.24, 2.45) is 0 Å². The van der Waals surface area contributed by atoms with Crippen LogP contribution in [0.1, 0.15) is 6.42 Å². The SMILES string of the molecule is CNC(CCOCCOCCOC)C(=O)OC. The minimum Gasteiger partial charge on any atom is -0.468 e. The average Bonchev–Trinajstić information content (AvgIpc) is 2.36. The van der Waals surface area contributed by atoms with Crippen LogP contribution in [0.3, 0.4) is 0 Å². The first-order chi connectivity index (χ1) is 8.26. The van der Waals surface area contributed by atoms with E-state index in [1.807, 2.05) is 0 Å². The summed E-state index contributed by atoms with van der Waals surface area (Å²) in [6.45, 7) is 2.70. The van der Waals surface area contributed by atoms with Gasteiger partial charge in [-0.3, -0.25) is 4.79 Å². The zero-order valence-corrected chi connectivity index (χ0v) is 10.9. The molecule has 0 aromatic carbocycles. The van der Waals surface area contributed by atoms with E-state index in [0.29, 0.717) is 39.5 Å². The third kappa shape index (κ3) is 9.05. The topological polar surface area (TPSA) is 66.0 Å². The Morgan fingerprint density at radius 3 is 2.18 bits per heavy atom. The number of carbonyl (C=O) groups is 1. The molecule has 0 aromatic rings. The molecule has 0 radical (unpaired) electrons. The van der Waals surface area contributed by atoms with E-state index in [1.54, 1.807) is 14.2 Å². The molecule has 17 heavy (non-hydrogen) atoms. The number of ether oxygens (including phenoxy) is 4. The second-order valence-corrected chi connectivity index (χ2v) is 3.37. The second kappa shape index (κ2) is 11.8. The molecule has 0 spiro atoms. The predicted octanol–water partition coefficient (Wildman–Crippen LogP) is -0.183. The molecule has 0 aliphatic carbocycles. The minimum absolute atomic E-state index is 0.271. The molecular weight excluding hydrogens is 226 g/mol. The lowest BCUT2D eigenvalue weighted by atomic mass is 10.2. The van der Waals surface area contributed by atoms with Gasteiger partial charge >= 0.3 is 5.97 Å². The van der Waals surface area contributed by atoms with Crippen LogP contribution in [0.15, 0.2) is 0 Å². The molecule has 1 unspecified atom stereocenters. The van der Waals surface area contributed by atoms with Crippen molar-refractivity contribution in [3.63, 3.8) is 0 Å². The van der Waals surface area contributed by atoms with Gasteiger partial charge in [0, 0.05) is 13.7 Å². The van der Waals surface area contributed by atoms with Gasteiger partial charge in [0.05, 0.1) is 33.5 Å². The highest BCUT2D eigenvalue weighted by atomic mass is 16.5. The van der Waals surface area contributed by atoms with Crippen molar-refractivity contribution >= 4 is 5.97 Å². The second-order valence-electron chi connectivity index (χ2n) is 3.37. The third-order valence-electron chi connectivity index (χ3n) is 2.19. The van der Waals surface area contributed by atoms with Gasteiger partial charge < -0.3 is 24.3 Å². The average molecular weight is 249 g/mol. The first-order valence-electron chi connectivity index (χ1n) is 5.65. The van der Waals surface area contributed by atoms with E-state index in [0.717, 1.165) is 0 Å². The van der Waals surface area contributed by atoms with Crippen molar-refractivity contribution in [2.45, 2.75) is 12.5 Å². The van der Waals surface area contributed by atoms with Crippen LogP contribution in [0.5, 0.6) is 0 Å². The summed E-state index contributed by atoms with van der Waals surface area (Å²) in [4.78, 5) is 11.2. The number of carbonyl (C=O) groups excluding carboxylic acids is 1. The highest BCUT2D eigenvalue weighted by molar-refractivity contribution is 5.75. The van der Waals surface area contributed by atoms with Crippen molar-refractivity contribution in [3.8, 4) is 0 Å². The number of hydrogen-bond donors (Lipinski definition) is 1. The quantitative estimate of drug-likeness (QED) is 0.405. The van der Waals surface area contributed by atoms with Gasteiger partial charge in [-0.05, 0) is 13.5 Å². The maximum Gasteiger partial charge on any atom is 0.322 e. The molecule has 0 rings (SSSR count). The van der Waals surface area contributed by atoms with Crippen molar-refractivity contribution in [1.29, 1.82) is 0 Å². The summed E-state index contributed by atoms with van der Waals surface area (Å²) < 4.78 is 20.0. The number of methoxy groups -OCH3 is 2. The monoisotopic (exact) mass is 249 g/mol. The van der Waals surface area contributed by atoms with Crippen molar-refractivity contribution in [2.75, 3.05) is 54.3 Å². The molecule has 0 aliphatic rings. The molecule has 0 heterocycles. The summed E-state index contributed by atoms with van der Waals surface area (Å²) in [5, 5.41) is 2.87. The maximum absolute atomic E-state index is 11.2. The molecule has 1 atom stereocenters. The summed E-state index contributed by atoms with van der Waals surface area (Å²) in [5.74, 6) is -0.271. The van der Waals surface area contributed by atoms with Gasteiger partial charge in [0.15, 0.2) is 0 Å². The minimum atomic E-state index is -0.311. The lowest BCUT2D eigenvalue weighted by Gasteiger charge is -2.13. The fourth-order valence-corrected chi connectivity index (χ4v) is 1.19. The van der Waals surface area contributed by atoms with Crippen LogP contribution in [0.2, 0.25) is 0 Å². The smallest absolute Gasteiger partial charge is 0.322 e. The van der Waals surface area contributed by atoms with Gasteiger partial charge in [0.25, 0.3) is 0 Å². The van der Waals surface area contributed by atoms with Crippen LogP contribution in [0.4, 0.5) is 0 Å². The number of likely N-dealkylation sites (N-methyl/N-ethyl adjacent to an activating group) is 1. The Labute approximate surface area is 103 Å². The van der Waals surface area contributed by atoms with Crippen LogP contribution >= 0.6 is 0 Å². The van der Waals surface area contributed by atoms with Crippen LogP contribution in [-0.2, 0) is 23.7 Å². The first-order valence-corrected chi connectivity index (χ1v) is 5.65. The van der Waals surface area contributed by atoms with Gasteiger partial charge in [-0.2, -0.15) is 0 Å². The summed E-state index contributed by atoms with van der Waals surface area (Å²) >= 11 is 0. The summed E-state index contributed by atoms with van der Waals surface area (Å²) in [7, 11) is 4.72. The van der Waals surface area contributed by atoms with E-state index in [2.05, 4.69) is 10.1 Å². The normalized spacial score (nSPS) is 12.4. The molecule has 0 saturated heterocycles. The third-order valence-corrected chi connectivity index (χ3v) is 2.19. The van der Waals surface area contributed by atoms with E-state index in [-0.39, 0.29) is 12.0 Å². The molecule has 6 heteroatoms. The molecule has 102 valence electrons. The van der Waals surface area contributed by atoms with E-state index in [4.69, 9.17) is 14.2 Å². The number of nitrogens with one attached hydrogen (secondary N) is 1. The van der Waals surface area contributed by atoms with Crippen molar-refractivity contribution < 1.29 is 23.7 Å². The maximum atomic E-state index is 11.2. The lowest BCUT2D eigenvalue weighted by Crippen LogP contribution is -2.36. The first kappa shape index (κ1) is 16.3. The fraction of sp³-hybridized carbons (Fsp3) is 0.909. The summed E-state index contributed by atoms with van der Waals surface area (Å²) in [6.07, 6.45) is 0.585. The largest absolute Gasteiger partial charge is 0.468 e. The Bertz CT molecular complexity index is 189. The highest BCUT2D eigenvalue weighted by Gasteiger charge is 2.15. The van der Waals surface area contributed by atoms with Gasteiger partial charge in [0.2, 0.25) is 0 Å². The Kier molecular flexibility index (Phi) is 11.3. The zero-order chi connectivity index (χ0) is 12.9. The van der Waals surface area contributed by atoms with E-state index < -0.39 is 0 Å². The Morgan fingerprint density at radius 2 is 1.65 bits per heavy atom. The van der Waals surface area contributed by atoms with Crippen LogP contribution < -0.4 is 5.32 Å². The Balaban J connectivity index is 3.34. The lowest BCUT2D eigenvalue weighted by molar-refractivity contribution is -0.143.